The van der Waals surface area contributed by atoms with Gasteiger partial charge in [-0.3, -0.25) is 4.90 Å². The summed E-state index contributed by atoms with van der Waals surface area (Å²) in [6.45, 7) is 10.7. The summed E-state index contributed by atoms with van der Waals surface area (Å²) in [5.41, 5.74) is 0.896. The smallest absolute Gasteiger partial charge is 0.348 e. The first-order valence-electron chi connectivity index (χ1n) is 9.00. The fourth-order valence-corrected chi connectivity index (χ4v) is 4.16. The number of β-amino-alcohol motifs (C(OH)–C–C–N with tert-alkyl or cyclic N) is 1. The Morgan fingerprint density at radius 3 is 2.69 bits per heavy atom. The van der Waals surface area contributed by atoms with E-state index in [1.807, 2.05) is 20.8 Å². The fraction of sp³-hybridized carbons (Fsp3) is 0.611. The van der Waals surface area contributed by atoms with Crippen LogP contribution in [0.25, 0.3) is 10.2 Å². The van der Waals surface area contributed by atoms with Crippen molar-refractivity contribution in [3.05, 3.63) is 16.8 Å². The van der Waals surface area contributed by atoms with Crippen molar-refractivity contribution in [2.75, 3.05) is 50.8 Å². The van der Waals surface area contributed by atoms with Gasteiger partial charge in [0.25, 0.3) is 0 Å². The first-order chi connectivity index (χ1) is 12.5. The van der Waals surface area contributed by atoms with Crippen LogP contribution in [0.5, 0.6) is 0 Å². The van der Waals surface area contributed by atoms with E-state index in [0.29, 0.717) is 23.9 Å². The van der Waals surface area contributed by atoms with E-state index >= 15 is 0 Å². The Morgan fingerprint density at radius 1 is 1.31 bits per heavy atom. The summed E-state index contributed by atoms with van der Waals surface area (Å²) in [5, 5.41) is 10.0. The van der Waals surface area contributed by atoms with Crippen LogP contribution in [0.4, 0.5) is 5.82 Å². The van der Waals surface area contributed by atoms with E-state index < -0.39 is 0 Å². The van der Waals surface area contributed by atoms with Gasteiger partial charge in [0.15, 0.2) is 0 Å². The van der Waals surface area contributed by atoms with Crippen LogP contribution < -0.4 is 4.90 Å². The van der Waals surface area contributed by atoms with E-state index in [2.05, 4.69) is 19.8 Å². The lowest BCUT2D eigenvalue weighted by Gasteiger charge is -2.35. The Bertz CT molecular complexity index is 769. The van der Waals surface area contributed by atoms with Crippen LogP contribution in [0, 0.1) is 12.8 Å². The molecule has 0 aromatic carbocycles. The molecule has 1 saturated heterocycles. The van der Waals surface area contributed by atoms with E-state index in [4.69, 9.17) is 9.84 Å². The first kappa shape index (κ1) is 19.0. The third-order valence-corrected chi connectivity index (χ3v) is 5.71. The van der Waals surface area contributed by atoms with Crippen LogP contribution in [-0.4, -0.2) is 71.9 Å². The summed E-state index contributed by atoms with van der Waals surface area (Å²) in [7, 11) is 0. The molecule has 1 fully saturated rings. The quantitative estimate of drug-likeness (QED) is 0.770. The van der Waals surface area contributed by atoms with Gasteiger partial charge in [-0.2, -0.15) is 0 Å². The molecule has 2 aromatic heterocycles. The van der Waals surface area contributed by atoms with Gasteiger partial charge in [0, 0.05) is 32.7 Å². The molecule has 0 atom stereocenters. The lowest BCUT2D eigenvalue weighted by Crippen LogP contribution is -2.47. The molecule has 26 heavy (non-hydrogen) atoms. The highest BCUT2D eigenvalue weighted by Crippen LogP contribution is 2.35. The molecule has 0 bridgehead atoms. The van der Waals surface area contributed by atoms with Crippen LogP contribution in [-0.2, 0) is 4.74 Å². The summed E-state index contributed by atoms with van der Waals surface area (Å²) in [5.74, 6) is 0.910. The Labute approximate surface area is 157 Å². The number of ether oxygens (including phenoxy) is 1. The second-order valence-corrected chi connectivity index (χ2v) is 7.98. The number of aliphatic hydroxyl groups is 1. The van der Waals surface area contributed by atoms with Crippen LogP contribution in [0.15, 0.2) is 6.33 Å². The molecule has 0 radical (unpaired) electrons. The van der Waals surface area contributed by atoms with E-state index in [-0.39, 0.29) is 12.6 Å². The minimum atomic E-state index is -0.280. The van der Waals surface area contributed by atoms with Gasteiger partial charge in [0.05, 0.1) is 18.6 Å². The highest BCUT2D eigenvalue weighted by atomic mass is 32.1. The molecule has 0 amide bonds. The van der Waals surface area contributed by atoms with Crippen molar-refractivity contribution in [1.82, 2.24) is 14.9 Å². The third-order valence-electron chi connectivity index (χ3n) is 4.53. The van der Waals surface area contributed by atoms with Crippen molar-refractivity contribution >= 4 is 33.3 Å². The van der Waals surface area contributed by atoms with Crippen molar-refractivity contribution in [3.63, 3.8) is 0 Å². The van der Waals surface area contributed by atoms with Crippen molar-refractivity contribution in [2.45, 2.75) is 20.8 Å². The van der Waals surface area contributed by atoms with Gasteiger partial charge in [-0.1, -0.05) is 13.8 Å². The molecule has 3 heterocycles. The van der Waals surface area contributed by atoms with Gasteiger partial charge >= 0.3 is 5.97 Å². The van der Waals surface area contributed by atoms with Gasteiger partial charge in [-0.15, -0.1) is 11.3 Å². The molecule has 0 unspecified atom stereocenters. The van der Waals surface area contributed by atoms with Gasteiger partial charge in [-0.05, 0) is 18.4 Å². The Morgan fingerprint density at radius 2 is 2.04 bits per heavy atom. The predicted octanol–water partition coefficient (Wildman–Crippen LogP) is 1.93. The molecular formula is C18H26N4O3S. The monoisotopic (exact) mass is 378 g/mol. The Kier molecular flexibility index (Phi) is 6.05. The minimum Gasteiger partial charge on any atom is -0.461 e. The lowest BCUT2D eigenvalue weighted by molar-refractivity contribution is 0.0464. The van der Waals surface area contributed by atoms with Crippen molar-refractivity contribution in [2.24, 2.45) is 5.92 Å². The fourth-order valence-electron chi connectivity index (χ4n) is 3.12. The maximum Gasteiger partial charge on any atom is 0.348 e. The number of thiophene rings is 1. The van der Waals surface area contributed by atoms with Crippen LogP contribution >= 0.6 is 11.3 Å². The molecule has 8 heteroatoms. The first-order valence-corrected chi connectivity index (χ1v) is 9.82. The molecule has 0 spiro atoms. The number of anilines is 1. The van der Waals surface area contributed by atoms with Crippen molar-refractivity contribution < 1.29 is 14.6 Å². The number of aromatic nitrogens is 2. The number of fused-ring (bicyclic) bond motifs is 1. The van der Waals surface area contributed by atoms with Crippen molar-refractivity contribution in [3.8, 4) is 0 Å². The minimum absolute atomic E-state index is 0.184. The second kappa shape index (κ2) is 8.28. The standard InChI is InChI=1S/C18H26N4O3S/c1-12(2)10-25-18(24)15-13(3)14-16(19-11-20-17(14)26-15)22-6-4-21(5-7-22)8-9-23/h11-12,23H,4-10H2,1-3H3. The number of hydrogen-bond donors (Lipinski definition) is 1. The highest BCUT2D eigenvalue weighted by molar-refractivity contribution is 7.20. The normalized spacial score (nSPS) is 15.8. The molecule has 3 rings (SSSR count). The van der Waals surface area contributed by atoms with Crippen molar-refractivity contribution in [1.29, 1.82) is 0 Å². The van der Waals surface area contributed by atoms with Gasteiger partial charge in [0.2, 0.25) is 0 Å². The number of piperazine rings is 1. The number of esters is 1. The molecule has 142 valence electrons. The number of carbonyl (C=O) groups is 1. The molecule has 0 saturated carbocycles. The SMILES string of the molecule is Cc1c(C(=O)OCC(C)C)sc2ncnc(N3CCN(CCO)CC3)c12. The van der Waals surface area contributed by atoms with Crippen LogP contribution in [0.3, 0.4) is 0 Å². The largest absolute Gasteiger partial charge is 0.461 e. The van der Waals surface area contributed by atoms with Gasteiger partial charge < -0.3 is 14.7 Å². The summed E-state index contributed by atoms with van der Waals surface area (Å²) < 4.78 is 5.41. The molecule has 7 nitrogen and oxygen atoms in total. The average molecular weight is 378 g/mol. The number of rotatable bonds is 6. The van der Waals surface area contributed by atoms with Crippen LogP contribution in [0.2, 0.25) is 0 Å². The highest BCUT2D eigenvalue weighted by Gasteiger charge is 2.25. The molecule has 0 aliphatic carbocycles. The zero-order chi connectivity index (χ0) is 18.7. The summed E-state index contributed by atoms with van der Waals surface area (Å²) in [6.07, 6.45) is 1.57. The zero-order valence-corrected chi connectivity index (χ0v) is 16.4. The van der Waals surface area contributed by atoms with E-state index in [1.54, 1.807) is 6.33 Å². The molecule has 2 aromatic rings. The Balaban J connectivity index is 1.85. The van der Waals surface area contributed by atoms with Gasteiger partial charge in [-0.25, -0.2) is 14.8 Å². The summed E-state index contributed by atoms with van der Waals surface area (Å²) in [6, 6.07) is 0. The zero-order valence-electron chi connectivity index (χ0n) is 15.6. The summed E-state index contributed by atoms with van der Waals surface area (Å²) >= 11 is 1.37. The molecule has 1 aliphatic heterocycles. The molecule has 1 aliphatic rings. The van der Waals surface area contributed by atoms with E-state index in [9.17, 15) is 4.79 Å². The third kappa shape index (κ3) is 3.97. The second-order valence-electron chi connectivity index (χ2n) is 6.98. The Hall–Kier alpha value is -1.77. The average Bonchev–Trinajstić information content (AvgIpc) is 2.98. The number of aryl methyl sites for hydroxylation is 1. The summed E-state index contributed by atoms with van der Waals surface area (Å²) in [4.78, 5) is 27.2. The topological polar surface area (TPSA) is 78.8 Å². The van der Waals surface area contributed by atoms with Crippen LogP contribution in [0.1, 0.15) is 29.1 Å². The number of aliphatic hydroxyl groups excluding tert-OH is 1. The maximum atomic E-state index is 12.4. The number of carbonyl (C=O) groups excluding carboxylic acids is 1. The van der Waals surface area contributed by atoms with Gasteiger partial charge in [0.1, 0.15) is 21.9 Å². The number of hydrogen-bond acceptors (Lipinski definition) is 8. The van der Waals surface area contributed by atoms with E-state index in [1.165, 1.54) is 11.3 Å². The number of nitrogens with zero attached hydrogens (tertiary/aromatic N) is 4. The van der Waals surface area contributed by atoms with E-state index in [0.717, 1.165) is 47.8 Å². The lowest BCUT2D eigenvalue weighted by atomic mass is 10.2. The maximum absolute atomic E-state index is 12.4. The molecular weight excluding hydrogens is 352 g/mol. The molecule has 1 N–H and O–H groups in total. The predicted molar refractivity (Wildman–Crippen MR) is 103 cm³/mol.